The summed E-state index contributed by atoms with van der Waals surface area (Å²) in [5.41, 5.74) is 3.03. The number of fused-ring (bicyclic) bond motifs is 1. The van der Waals surface area contributed by atoms with Crippen molar-refractivity contribution in [2.75, 3.05) is 0 Å². The average molecular weight is 433 g/mol. The first kappa shape index (κ1) is 23.8. The van der Waals surface area contributed by atoms with Crippen LogP contribution >= 0.6 is 0 Å². The predicted octanol–water partition coefficient (Wildman–Crippen LogP) is 9.92. The minimum atomic E-state index is 0.972. The van der Waals surface area contributed by atoms with Crippen LogP contribution in [0.3, 0.4) is 0 Å². The molecule has 0 unspecified atom stereocenters. The number of hydrogen-bond acceptors (Lipinski definition) is 0. The summed E-state index contributed by atoms with van der Waals surface area (Å²) in [7, 11) is 0. The van der Waals surface area contributed by atoms with Crippen LogP contribution in [0.25, 0.3) is 10.8 Å². The lowest BCUT2D eigenvalue weighted by Crippen LogP contribution is -2.26. The molecule has 0 radical (unpaired) electrons. The lowest BCUT2D eigenvalue weighted by molar-refractivity contribution is 0.140. The van der Waals surface area contributed by atoms with Crippen LogP contribution in [0, 0.1) is 23.7 Å². The molecule has 2 aromatic carbocycles. The van der Waals surface area contributed by atoms with Crippen LogP contribution in [0.5, 0.6) is 0 Å². The van der Waals surface area contributed by atoms with Crippen molar-refractivity contribution in [1.82, 2.24) is 0 Å². The summed E-state index contributed by atoms with van der Waals surface area (Å²) in [6, 6.07) is 14.3. The second kappa shape index (κ2) is 12.2. The zero-order valence-electron chi connectivity index (χ0n) is 21.1. The Kier molecular flexibility index (Phi) is 9.12. The summed E-state index contributed by atoms with van der Waals surface area (Å²) in [5.74, 6) is 4.16. The minimum Gasteiger partial charge on any atom is -0.0654 e. The van der Waals surface area contributed by atoms with Gasteiger partial charge in [-0.05, 0) is 90.5 Å². The Hall–Kier alpha value is -1.30. The van der Waals surface area contributed by atoms with Gasteiger partial charge in [-0.25, -0.2) is 0 Å². The van der Waals surface area contributed by atoms with Gasteiger partial charge in [0.2, 0.25) is 0 Å². The van der Waals surface area contributed by atoms with Gasteiger partial charge in [0.05, 0.1) is 0 Å². The standard InChI is InChI=1S/C32H48/c1-3-5-6-8-25-11-17-29(18-12-25)30-19-13-26(14-20-30)9-10-28-16-22-31-23-27(7-4-2)15-21-32(31)24-28/h15-16,21-26,29-30H,3-14,17-20H2,1-2H3. The first-order valence-corrected chi connectivity index (χ1v) is 14.3. The molecule has 0 bridgehead atoms. The van der Waals surface area contributed by atoms with Crippen molar-refractivity contribution in [2.45, 2.75) is 117 Å². The molecule has 0 N–H and O–H groups in total. The number of hydrogen-bond donors (Lipinski definition) is 0. The molecule has 176 valence electrons. The molecular formula is C32H48. The molecule has 0 amide bonds. The van der Waals surface area contributed by atoms with Crippen molar-refractivity contribution < 1.29 is 0 Å². The summed E-state index contributed by atoms with van der Waals surface area (Å²) in [6.45, 7) is 4.60. The number of aryl methyl sites for hydroxylation is 2. The fourth-order valence-electron chi connectivity index (χ4n) is 6.89. The first-order valence-electron chi connectivity index (χ1n) is 14.3. The van der Waals surface area contributed by atoms with E-state index in [1.807, 2.05) is 0 Å². The molecule has 0 aliphatic heterocycles. The number of rotatable bonds is 10. The van der Waals surface area contributed by atoms with Gasteiger partial charge in [-0.2, -0.15) is 0 Å². The normalized spacial score (nSPS) is 26.4. The molecule has 32 heavy (non-hydrogen) atoms. The molecule has 0 atom stereocenters. The molecular weight excluding hydrogens is 384 g/mol. The van der Waals surface area contributed by atoms with Crippen LogP contribution < -0.4 is 0 Å². The van der Waals surface area contributed by atoms with E-state index in [0.29, 0.717) is 0 Å². The zero-order chi connectivity index (χ0) is 22.2. The maximum atomic E-state index is 2.45. The Balaban J connectivity index is 1.18. The van der Waals surface area contributed by atoms with E-state index in [4.69, 9.17) is 0 Å². The van der Waals surface area contributed by atoms with Crippen molar-refractivity contribution in [3.8, 4) is 0 Å². The maximum absolute atomic E-state index is 2.45. The third kappa shape index (κ3) is 6.61. The number of benzene rings is 2. The lowest BCUT2D eigenvalue weighted by Gasteiger charge is -2.38. The van der Waals surface area contributed by atoms with Gasteiger partial charge in [0.1, 0.15) is 0 Å². The van der Waals surface area contributed by atoms with E-state index in [1.54, 1.807) is 18.4 Å². The third-order valence-electron chi connectivity index (χ3n) is 9.01. The molecule has 0 spiro atoms. The number of unbranched alkanes of at least 4 members (excludes halogenated alkanes) is 2. The summed E-state index contributed by atoms with van der Waals surface area (Å²) in [5, 5.41) is 2.84. The van der Waals surface area contributed by atoms with Gasteiger partial charge >= 0.3 is 0 Å². The Morgan fingerprint density at radius 1 is 0.562 bits per heavy atom. The highest BCUT2D eigenvalue weighted by molar-refractivity contribution is 5.83. The van der Waals surface area contributed by atoms with Gasteiger partial charge in [0.15, 0.2) is 0 Å². The van der Waals surface area contributed by atoms with Gasteiger partial charge in [-0.3, -0.25) is 0 Å². The summed E-state index contributed by atoms with van der Waals surface area (Å²) in [4.78, 5) is 0. The quantitative estimate of drug-likeness (QED) is 0.328. The highest BCUT2D eigenvalue weighted by atomic mass is 14.4. The van der Waals surface area contributed by atoms with E-state index in [0.717, 1.165) is 23.7 Å². The second-order valence-electron chi connectivity index (χ2n) is 11.4. The van der Waals surface area contributed by atoms with Crippen LogP contribution in [0.15, 0.2) is 36.4 Å². The molecule has 2 aliphatic carbocycles. The zero-order valence-corrected chi connectivity index (χ0v) is 21.1. The fraction of sp³-hybridized carbons (Fsp3) is 0.688. The van der Waals surface area contributed by atoms with E-state index < -0.39 is 0 Å². The van der Waals surface area contributed by atoms with E-state index >= 15 is 0 Å². The molecule has 2 aliphatic rings. The van der Waals surface area contributed by atoms with Crippen molar-refractivity contribution in [2.24, 2.45) is 23.7 Å². The van der Waals surface area contributed by atoms with Crippen molar-refractivity contribution in [3.05, 3.63) is 47.5 Å². The Bertz CT molecular complexity index is 802. The molecule has 4 rings (SSSR count). The van der Waals surface area contributed by atoms with Gasteiger partial charge < -0.3 is 0 Å². The van der Waals surface area contributed by atoms with E-state index in [-0.39, 0.29) is 0 Å². The largest absolute Gasteiger partial charge is 0.0654 e. The molecule has 0 aromatic heterocycles. The molecule has 2 aromatic rings. The topological polar surface area (TPSA) is 0 Å². The smallest absolute Gasteiger partial charge is 0.0181 e. The molecule has 2 saturated carbocycles. The molecule has 0 nitrogen and oxygen atoms in total. The van der Waals surface area contributed by atoms with Crippen LogP contribution in [0.4, 0.5) is 0 Å². The fourth-order valence-corrected chi connectivity index (χ4v) is 6.89. The second-order valence-corrected chi connectivity index (χ2v) is 11.4. The molecule has 0 heterocycles. The van der Waals surface area contributed by atoms with Gasteiger partial charge in [0, 0.05) is 0 Å². The molecule has 0 heteroatoms. The van der Waals surface area contributed by atoms with Gasteiger partial charge in [0.25, 0.3) is 0 Å². The Morgan fingerprint density at radius 2 is 1.09 bits per heavy atom. The monoisotopic (exact) mass is 432 g/mol. The third-order valence-corrected chi connectivity index (χ3v) is 9.01. The Morgan fingerprint density at radius 3 is 1.62 bits per heavy atom. The first-order chi connectivity index (χ1) is 15.7. The van der Waals surface area contributed by atoms with Crippen molar-refractivity contribution >= 4 is 10.8 Å². The minimum absolute atomic E-state index is 0.972. The maximum Gasteiger partial charge on any atom is -0.0181 e. The summed E-state index contributed by atoms with van der Waals surface area (Å²) < 4.78 is 0. The van der Waals surface area contributed by atoms with E-state index in [1.165, 1.54) is 106 Å². The van der Waals surface area contributed by atoms with Crippen LogP contribution in [0.2, 0.25) is 0 Å². The predicted molar refractivity (Wildman–Crippen MR) is 141 cm³/mol. The highest BCUT2D eigenvalue weighted by Gasteiger charge is 2.30. The van der Waals surface area contributed by atoms with Crippen molar-refractivity contribution in [1.29, 1.82) is 0 Å². The lowest BCUT2D eigenvalue weighted by atomic mass is 9.68. The molecule has 2 fully saturated rings. The van der Waals surface area contributed by atoms with Crippen molar-refractivity contribution in [3.63, 3.8) is 0 Å². The van der Waals surface area contributed by atoms with Gasteiger partial charge in [-0.1, -0.05) is 108 Å². The van der Waals surface area contributed by atoms with E-state index in [9.17, 15) is 0 Å². The van der Waals surface area contributed by atoms with Crippen LogP contribution in [-0.2, 0) is 12.8 Å². The van der Waals surface area contributed by atoms with Crippen LogP contribution in [-0.4, -0.2) is 0 Å². The summed E-state index contributed by atoms with van der Waals surface area (Å²) >= 11 is 0. The van der Waals surface area contributed by atoms with Gasteiger partial charge in [-0.15, -0.1) is 0 Å². The van der Waals surface area contributed by atoms with E-state index in [2.05, 4.69) is 50.2 Å². The Labute approximate surface area is 198 Å². The average Bonchev–Trinajstić information content (AvgIpc) is 2.84. The highest BCUT2D eigenvalue weighted by Crippen LogP contribution is 2.43. The SMILES string of the molecule is CCCCCC1CCC(C2CCC(CCc3ccc4cc(CCC)ccc4c3)CC2)CC1. The van der Waals surface area contributed by atoms with Crippen LogP contribution in [0.1, 0.15) is 115 Å². The molecule has 0 saturated heterocycles. The summed E-state index contributed by atoms with van der Waals surface area (Å²) in [6.07, 6.45) is 23.1.